The van der Waals surface area contributed by atoms with Crippen molar-refractivity contribution in [2.45, 2.75) is 66.7 Å². The van der Waals surface area contributed by atoms with Crippen LogP contribution in [0.25, 0.3) is 0 Å². The summed E-state index contributed by atoms with van der Waals surface area (Å²) in [5.41, 5.74) is 4.87. The van der Waals surface area contributed by atoms with E-state index in [1.807, 2.05) is 19.1 Å². The largest absolute Gasteiger partial charge is 0.357 e. The molecule has 0 radical (unpaired) electrons. The fourth-order valence-electron chi connectivity index (χ4n) is 3.64. The number of allylic oxidation sites excluding steroid dienone is 9. The van der Waals surface area contributed by atoms with Gasteiger partial charge in [-0.3, -0.25) is 9.59 Å². The third kappa shape index (κ3) is 6.41. The lowest BCUT2D eigenvalue weighted by Gasteiger charge is -2.32. The lowest BCUT2D eigenvalue weighted by Crippen LogP contribution is -2.31. The molecular weight excluding hydrogens is 366 g/mol. The molecule has 1 heterocycles. The molecule has 0 unspecified atom stereocenters. The van der Waals surface area contributed by atoms with Crippen molar-refractivity contribution in [1.82, 2.24) is 5.06 Å². The van der Waals surface area contributed by atoms with Gasteiger partial charge in [-0.05, 0) is 56.6 Å². The van der Waals surface area contributed by atoms with Gasteiger partial charge in [0.05, 0.1) is 0 Å². The zero-order chi connectivity index (χ0) is 21.6. The first-order valence-corrected chi connectivity index (χ1v) is 10.1. The van der Waals surface area contributed by atoms with Crippen LogP contribution in [-0.4, -0.2) is 22.8 Å². The monoisotopic (exact) mass is 397 g/mol. The molecule has 0 aromatic heterocycles. The topological polar surface area (TPSA) is 63.7 Å². The van der Waals surface area contributed by atoms with Gasteiger partial charge in [-0.25, -0.2) is 4.79 Å². The summed E-state index contributed by atoms with van der Waals surface area (Å²) in [6.07, 6.45) is 15.0. The van der Waals surface area contributed by atoms with Gasteiger partial charge in [0.15, 0.2) is 0 Å². The molecule has 0 N–H and O–H groups in total. The van der Waals surface area contributed by atoms with E-state index in [4.69, 9.17) is 4.84 Å². The van der Waals surface area contributed by atoms with E-state index in [0.29, 0.717) is 10.6 Å². The second-order valence-corrected chi connectivity index (χ2v) is 8.42. The number of rotatable bonds is 6. The maximum atomic E-state index is 11.9. The maximum absolute atomic E-state index is 11.9. The summed E-state index contributed by atoms with van der Waals surface area (Å²) in [6.45, 7) is 10.6. The SMILES string of the molecule is CC1=C(/C=C/C(C)=C\C=C\C(C)=C/C(=O)ON2C(=O)CCC2=O)C(C)(C)CCC1. The van der Waals surface area contributed by atoms with Crippen LogP contribution in [0.4, 0.5) is 0 Å². The summed E-state index contributed by atoms with van der Waals surface area (Å²) < 4.78 is 0. The van der Waals surface area contributed by atoms with E-state index in [1.165, 1.54) is 36.5 Å². The molecule has 0 aromatic carbocycles. The van der Waals surface area contributed by atoms with Crippen LogP contribution in [0.2, 0.25) is 0 Å². The van der Waals surface area contributed by atoms with E-state index >= 15 is 0 Å². The first-order valence-electron chi connectivity index (χ1n) is 10.1. The zero-order valence-corrected chi connectivity index (χ0v) is 18.1. The molecule has 2 amide bonds. The van der Waals surface area contributed by atoms with Crippen LogP contribution in [0, 0.1) is 5.41 Å². The highest BCUT2D eigenvalue weighted by Crippen LogP contribution is 2.40. The number of nitrogens with zero attached hydrogens (tertiary/aromatic N) is 1. The summed E-state index contributed by atoms with van der Waals surface area (Å²) in [4.78, 5) is 39.6. The molecule has 1 aliphatic carbocycles. The van der Waals surface area contributed by atoms with Crippen molar-refractivity contribution in [1.29, 1.82) is 0 Å². The minimum atomic E-state index is -0.738. The minimum absolute atomic E-state index is 0.0832. The van der Waals surface area contributed by atoms with E-state index < -0.39 is 17.8 Å². The minimum Gasteiger partial charge on any atom is -0.326 e. The predicted molar refractivity (Wildman–Crippen MR) is 113 cm³/mol. The van der Waals surface area contributed by atoms with Gasteiger partial charge in [-0.2, -0.15) is 0 Å². The predicted octanol–water partition coefficient (Wildman–Crippen LogP) is 5.13. The van der Waals surface area contributed by atoms with Crippen LogP contribution in [0.3, 0.4) is 0 Å². The number of hydroxylamine groups is 2. The average molecular weight is 398 g/mol. The van der Waals surface area contributed by atoms with E-state index in [-0.39, 0.29) is 18.3 Å². The molecule has 5 heteroatoms. The quantitative estimate of drug-likeness (QED) is 0.354. The number of carbonyl (C=O) groups is 3. The highest BCUT2D eigenvalue weighted by Gasteiger charge is 2.32. The normalized spacial score (nSPS) is 21.1. The van der Waals surface area contributed by atoms with Crippen LogP contribution in [0.15, 0.2) is 58.7 Å². The van der Waals surface area contributed by atoms with Crippen LogP contribution < -0.4 is 0 Å². The second kappa shape index (κ2) is 9.68. The Kier molecular flexibility index (Phi) is 7.54. The summed E-state index contributed by atoms with van der Waals surface area (Å²) in [7, 11) is 0. The summed E-state index contributed by atoms with van der Waals surface area (Å²) in [5, 5.41) is 0.550. The first kappa shape index (κ1) is 22.6. The number of imide groups is 1. The van der Waals surface area contributed by atoms with Crippen molar-refractivity contribution in [2.24, 2.45) is 5.41 Å². The Balaban J connectivity index is 1.95. The molecule has 1 saturated heterocycles. The van der Waals surface area contributed by atoms with Crippen LogP contribution in [0.1, 0.15) is 66.7 Å². The molecule has 2 rings (SSSR count). The summed E-state index contributed by atoms with van der Waals surface area (Å²) >= 11 is 0. The van der Waals surface area contributed by atoms with Crippen molar-refractivity contribution in [3.63, 3.8) is 0 Å². The highest BCUT2D eigenvalue weighted by atomic mass is 16.7. The Bertz CT molecular complexity index is 821. The van der Waals surface area contributed by atoms with Crippen molar-refractivity contribution in [2.75, 3.05) is 0 Å². The van der Waals surface area contributed by atoms with Gasteiger partial charge < -0.3 is 4.84 Å². The Labute approximate surface area is 173 Å². The number of amides is 2. The highest BCUT2D eigenvalue weighted by molar-refractivity contribution is 6.02. The van der Waals surface area contributed by atoms with Gasteiger partial charge in [-0.1, -0.05) is 55.4 Å². The lowest BCUT2D eigenvalue weighted by atomic mass is 9.72. The zero-order valence-electron chi connectivity index (χ0n) is 18.1. The molecule has 2 aliphatic rings. The Morgan fingerprint density at radius 1 is 1.03 bits per heavy atom. The van der Waals surface area contributed by atoms with Gasteiger partial charge >= 0.3 is 5.97 Å². The Morgan fingerprint density at radius 3 is 2.31 bits per heavy atom. The summed E-state index contributed by atoms with van der Waals surface area (Å²) in [5.74, 6) is -1.71. The van der Waals surface area contributed by atoms with E-state index in [9.17, 15) is 14.4 Å². The molecule has 29 heavy (non-hydrogen) atoms. The van der Waals surface area contributed by atoms with Gasteiger partial charge in [-0.15, -0.1) is 5.06 Å². The third-order valence-electron chi connectivity index (χ3n) is 5.31. The number of carbonyl (C=O) groups excluding carboxylic acids is 3. The molecule has 0 atom stereocenters. The number of hydrogen-bond acceptors (Lipinski definition) is 4. The van der Waals surface area contributed by atoms with Crippen LogP contribution in [-0.2, 0) is 19.2 Å². The maximum Gasteiger partial charge on any atom is 0.357 e. The number of hydrogen-bond donors (Lipinski definition) is 0. The molecular formula is C24H31NO4. The second-order valence-electron chi connectivity index (χ2n) is 8.42. The molecule has 0 aromatic rings. The van der Waals surface area contributed by atoms with E-state index in [0.717, 1.165) is 5.57 Å². The fourth-order valence-corrected chi connectivity index (χ4v) is 3.64. The fraction of sp³-hybridized carbons (Fsp3) is 0.458. The average Bonchev–Trinajstić information content (AvgIpc) is 2.92. The molecule has 156 valence electrons. The molecule has 5 nitrogen and oxygen atoms in total. The third-order valence-corrected chi connectivity index (χ3v) is 5.31. The summed E-state index contributed by atoms with van der Waals surface area (Å²) in [6, 6.07) is 0. The van der Waals surface area contributed by atoms with Gasteiger partial charge in [0, 0.05) is 18.9 Å². The Hall–Kier alpha value is -2.69. The van der Waals surface area contributed by atoms with Crippen LogP contribution in [0.5, 0.6) is 0 Å². The van der Waals surface area contributed by atoms with Crippen molar-refractivity contribution in [3.05, 3.63) is 58.7 Å². The van der Waals surface area contributed by atoms with E-state index in [1.54, 1.807) is 13.0 Å². The Morgan fingerprint density at radius 2 is 1.69 bits per heavy atom. The van der Waals surface area contributed by atoms with Crippen molar-refractivity contribution >= 4 is 17.8 Å². The van der Waals surface area contributed by atoms with Gasteiger partial charge in [0.1, 0.15) is 0 Å². The smallest absolute Gasteiger partial charge is 0.326 e. The standard InChI is InChI=1S/C24H31NO4/c1-17(11-12-20-19(3)10-7-15-24(20,4)5)8-6-9-18(2)16-23(28)29-25-21(26)13-14-22(25)27/h6,8-9,11-12,16H,7,10,13-15H2,1-5H3/b9-6+,12-11+,17-8-,18-16-. The van der Waals surface area contributed by atoms with Gasteiger partial charge in [0.25, 0.3) is 11.8 Å². The van der Waals surface area contributed by atoms with Gasteiger partial charge in [0.2, 0.25) is 0 Å². The van der Waals surface area contributed by atoms with E-state index in [2.05, 4.69) is 32.9 Å². The molecule has 0 spiro atoms. The van der Waals surface area contributed by atoms with Crippen LogP contribution >= 0.6 is 0 Å². The molecule has 0 bridgehead atoms. The molecule has 0 saturated carbocycles. The van der Waals surface area contributed by atoms with Crippen molar-refractivity contribution in [3.8, 4) is 0 Å². The lowest BCUT2D eigenvalue weighted by molar-refractivity contribution is -0.193. The first-order chi connectivity index (χ1) is 13.6. The molecule has 1 aliphatic heterocycles. The molecule has 1 fully saturated rings. The van der Waals surface area contributed by atoms with Crippen molar-refractivity contribution < 1.29 is 19.2 Å².